The second kappa shape index (κ2) is 5.77. The normalized spacial score (nSPS) is 10.6. The number of anilines is 2. The summed E-state index contributed by atoms with van der Waals surface area (Å²) in [5.41, 5.74) is 12.3. The Hall–Kier alpha value is -1.42. The molecule has 4 N–H and O–H groups in total. The SMILES string of the molecule is CC(C)CN(CC(N)=O)c1ccc(N)cc1Cl. The summed E-state index contributed by atoms with van der Waals surface area (Å²) in [5.74, 6) is 0.0292. The molecule has 0 heterocycles. The first kappa shape index (κ1) is 13.6. The van der Waals surface area contributed by atoms with Crippen molar-refractivity contribution in [1.29, 1.82) is 0 Å². The van der Waals surface area contributed by atoms with Crippen LogP contribution in [-0.2, 0) is 4.79 Å². The number of carbonyl (C=O) groups is 1. The molecule has 4 nitrogen and oxygen atoms in total. The van der Waals surface area contributed by atoms with E-state index in [4.69, 9.17) is 23.1 Å². The van der Waals surface area contributed by atoms with E-state index in [0.29, 0.717) is 23.2 Å². The first-order valence-electron chi connectivity index (χ1n) is 5.48. The maximum Gasteiger partial charge on any atom is 0.236 e. The fourth-order valence-corrected chi connectivity index (χ4v) is 1.97. The van der Waals surface area contributed by atoms with Gasteiger partial charge in [0.05, 0.1) is 17.3 Å². The van der Waals surface area contributed by atoms with Crippen LogP contribution in [0.25, 0.3) is 0 Å². The minimum atomic E-state index is -0.376. The van der Waals surface area contributed by atoms with Crippen molar-refractivity contribution in [3.63, 3.8) is 0 Å². The molecule has 0 saturated heterocycles. The molecule has 1 aromatic rings. The van der Waals surface area contributed by atoms with Crippen LogP contribution in [-0.4, -0.2) is 19.0 Å². The fourth-order valence-electron chi connectivity index (χ4n) is 1.66. The van der Waals surface area contributed by atoms with Crippen LogP contribution in [0, 0.1) is 5.92 Å². The van der Waals surface area contributed by atoms with Crippen LogP contribution in [0.5, 0.6) is 0 Å². The van der Waals surface area contributed by atoms with E-state index in [1.54, 1.807) is 12.1 Å². The summed E-state index contributed by atoms with van der Waals surface area (Å²) in [6.45, 7) is 5.01. The van der Waals surface area contributed by atoms with Crippen LogP contribution in [0.3, 0.4) is 0 Å². The number of nitrogens with zero attached hydrogens (tertiary/aromatic N) is 1. The van der Waals surface area contributed by atoms with Crippen LogP contribution in [0.1, 0.15) is 13.8 Å². The van der Waals surface area contributed by atoms with E-state index >= 15 is 0 Å². The quantitative estimate of drug-likeness (QED) is 0.789. The molecular formula is C12H18ClN3O. The molecule has 0 radical (unpaired) electrons. The molecule has 17 heavy (non-hydrogen) atoms. The summed E-state index contributed by atoms with van der Waals surface area (Å²) in [6, 6.07) is 5.24. The van der Waals surface area contributed by atoms with E-state index in [0.717, 1.165) is 5.69 Å². The van der Waals surface area contributed by atoms with E-state index in [2.05, 4.69) is 13.8 Å². The summed E-state index contributed by atoms with van der Waals surface area (Å²) < 4.78 is 0. The molecule has 1 rings (SSSR count). The van der Waals surface area contributed by atoms with Crippen molar-refractivity contribution >= 4 is 28.9 Å². The van der Waals surface area contributed by atoms with Crippen molar-refractivity contribution in [2.24, 2.45) is 11.7 Å². The number of nitrogen functional groups attached to an aromatic ring is 1. The van der Waals surface area contributed by atoms with E-state index in [1.807, 2.05) is 11.0 Å². The lowest BCUT2D eigenvalue weighted by Crippen LogP contribution is -2.36. The predicted molar refractivity (Wildman–Crippen MR) is 72.1 cm³/mol. The number of amides is 1. The number of primary amides is 1. The Balaban J connectivity index is 2.98. The highest BCUT2D eigenvalue weighted by Gasteiger charge is 2.14. The summed E-state index contributed by atoms with van der Waals surface area (Å²) in [4.78, 5) is 12.9. The van der Waals surface area contributed by atoms with Gasteiger partial charge in [0.15, 0.2) is 0 Å². The van der Waals surface area contributed by atoms with Crippen molar-refractivity contribution < 1.29 is 4.79 Å². The van der Waals surface area contributed by atoms with Gasteiger partial charge in [-0.05, 0) is 24.1 Å². The average Bonchev–Trinajstić information content (AvgIpc) is 2.14. The Morgan fingerprint density at radius 2 is 2.12 bits per heavy atom. The van der Waals surface area contributed by atoms with Gasteiger partial charge in [-0.15, -0.1) is 0 Å². The van der Waals surface area contributed by atoms with Crippen molar-refractivity contribution in [1.82, 2.24) is 0 Å². The van der Waals surface area contributed by atoms with Crippen LogP contribution >= 0.6 is 11.6 Å². The summed E-state index contributed by atoms with van der Waals surface area (Å²) in [6.07, 6.45) is 0. The maximum atomic E-state index is 11.1. The number of carbonyl (C=O) groups excluding carboxylic acids is 1. The Kier molecular flexibility index (Phi) is 4.63. The number of nitrogens with two attached hydrogens (primary N) is 2. The van der Waals surface area contributed by atoms with Gasteiger partial charge in [0.1, 0.15) is 0 Å². The Labute approximate surface area is 107 Å². The largest absolute Gasteiger partial charge is 0.399 e. The smallest absolute Gasteiger partial charge is 0.236 e. The lowest BCUT2D eigenvalue weighted by atomic mass is 10.2. The molecule has 5 heteroatoms. The molecule has 0 fully saturated rings. The van der Waals surface area contributed by atoms with Crippen molar-refractivity contribution in [2.75, 3.05) is 23.7 Å². The first-order chi connectivity index (χ1) is 7.90. The average molecular weight is 256 g/mol. The molecule has 1 aromatic carbocycles. The standard InChI is InChI=1S/C12H18ClN3O/c1-8(2)6-16(7-12(15)17)11-4-3-9(14)5-10(11)13/h3-5,8H,6-7,14H2,1-2H3,(H2,15,17). The van der Waals surface area contributed by atoms with Crippen molar-refractivity contribution in [3.8, 4) is 0 Å². The molecule has 0 aromatic heterocycles. The molecule has 1 amide bonds. The van der Waals surface area contributed by atoms with Crippen LogP contribution < -0.4 is 16.4 Å². The molecule has 0 aliphatic heterocycles. The number of rotatable bonds is 5. The van der Waals surface area contributed by atoms with E-state index in [9.17, 15) is 4.79 Å². The summed E-state index contributed by atoms with van der Waals surface area (Å²) in [7, 11) is 0. The van der Waals surface area contributed by atoms with E-state index < -0.39 is 0 Å². The van der Waals surface area contributed by atoms with Crippen molar-refractivity contribution in [2.45, 2.75) is 13.8 Å². The first-order valence-corrected chi connectivity index (χ1v) is 5.86. The highest BCUT2D eigenvalue weighted by Crippen LogP contribution is 2.28. The molecule has 0 saturated carbocycles. The van der Waals surface area contributed by atoms with Gasteiger partial charge in [-0.2, -0.15) is 0 Å². The second-order valence-corrected chi connectivity index (χ2v) is 4.86. The van der Waals surface area contributed by atoms with Crippen LogP contribution in [0.4, 0.5) is 11.4 Å². The van der Waals surface area contributed by atoms with Gasteiger partial charge in [-0.25, -0.2) is 0 Å². The number of hydrogen-bond donors (Lipinski definition) is 2. The number of hydrogen-bond acceptors (Lipinski definition) is 3. The molecule has 0 spiro atoms. The van der Waals surface area contributed by atoms with Gasteiger partial charge in [0, 0.05) is 12.2 Å². The van der Waals surface area contributed by atoms with Gasteiger partial charge in [-0.3, -0.25) is 4.79 Å². The van der Waals surface area contributed by atoms with Gasteiger partial charge in [-0.1, -0.05) is 25.4 Å². The molecular weight excluding hydrogens is 238 g/mol. The third-order valence-electron chi connectivity index (χ3n) is 2.24. The zero-order chi connectivity index (χ0) is 13.0. The summed E-state index contributed by atoms with van der Waals surface area (Å²) >= 11 is 6.12. The van der Waals surface area contributed by atoms with Gasteiger partial charge in [0.25, 0.3) is 0 Å². The lowest BCUT2D eigenvalue weighted by molar-refractivity contribution is -0.116. The second-order valence-electron chi connectivity index (χ2n) is 4.45. The molecule has 0 unspecified atom stereocenters. The third-order valence-corrected chi connectivity index (χ3v) is 2.55. The molecule has 0 atom stereocenters. The van der Waals surface area contributed by atoms with Gasteiger partial charge < -0.3 is 16.4 Å². The van der Waals surface area contributed by atoms with Gasteiger partial charge >= 0.3 is 0 Å². The zero-order valence-corrected chi connectivity index (χ0v) is 10.9. The third kappa shape index (κ3) is 4.15. The monoisotopic (exact) mass is 255 g/mol. The zero-order valence-electron chi connectivity index (χ0n) is 10.1. The van der Waals surface area contributed by atoms with E-state index in [-0.39, 0.29) is 12.5 Å². The molecule has 94 valence electrons. The highest BCUT2D eigenvalue weighted by atomic mass is 35.5. The van der Waals surface area contributed by atoms with Crippen LogP contribution in [0.2, 0.25) is 5.02 Å². The Morgan fingerprint density at radius 1 is 1.47 bits per heavy atom. The minimum absolute atomic E-state index is 0.155. The highest BCUT2D eigenvalue weighted by molar-refractivity contribution is 6.33. The van der Waals surface area contributed by atoms with Crippen LogP contribution in [0.15, 0.2) is 18.2 Å². The lowest BCUT2D eigenvalue weighted by Gasteiger charge is -2.26. The van der Waals surface area contributed by atoms with E-state index in [1.165, 1.54) is 0 Å². The summed E-state index contributed by atoms with van der Waals surface area (Å²) in [5, 5.41) is 0.534. The topological polar surface area (TPSA) is 72.3 Å². The Morgan fingerprint density at radius 3 is 2.59 bits per heavy atom. The molecule has 0 aliphatic carbocycles. The van der Waals surface area contributed by atoms with Crippen molar-refractivity contribution in [3.05, 3.63) is 23.2 Å². The minimum Gasteiger partial charge on any atom is -0.399 e. The fraction of sp³-hybridized carbons (Fsp3) is 0.417. The predicted octanol–water partition coefficient (Wildman–Crippen LogP) is 1.87. The molecule has 0 bridgehead atoms. The molecule has 0 aliphatic rings. The maximum absolute atomic E-state index is 11.1. The Bertz CT molecular complexity index is 407. The number of halogens is 1. The van der Waals surface area contributed by atoms with Gasteiger partial charge in [0.2, 0.25) is 5.91 Å². The number of benzene rings is 1.